The van der Waals surface area contributed by atoms with Crippen LogP contribution in [-0.2, 0) is 4.79 Å². The maximum Gasteiger partial charge on any atom is 0.258 e. The summed E-state index contributed by atoms with van der Waals surface area (Å²) in [5.41, 5.74) is 5.27. The minimum atomic E-state index is -0.233. The fraction of sp³-hybridized carbons (Fsp3) is 0.179. The molecule has 2 N–H and O–H groups in total. The van der Waals surface area contributed by atoms with E-state index in [1.807, 2.05) is 59.5 Å². The highest BCUT2D eigenvalue weighted by Gasteiger charge is 2.29. The minimum Gasteiger partial charge on any atom is -0.354 e. The van der Waals surface area contributed by atoms with E-state index in [2.05, 4.69) is 28.7 Å². The first-order chi connectivity index (χ1) is 17.0. The number of hydrogen-bond acceptors (Lipinski definition) is 5. The molecule has 1 fully saturated rings. The van der Waals surface area contributed by atoms with Crippen LogP contribution < -0.4 is 10.6 Å². The second-order valence-corrected chi connectivity index (χ2v) is 8.74. The summed E-state index contributed by atoms with van der Waals surface area (Å²) in [4.78, 5) is 30.0. The van der Waals surface area contributed by atoms with Gasteiger partial charge in [0.05, 0.1) is 28.6 Å². The van der Waals surface area contributed by atoms with Gasteiger partial charge in [-0.3, -0.25) is 9.59 Å². The Hall–Kier alpha value is -4.41. The van der Waals surface area contributed by atoms with Crippen LogP contribution in [0.25, 0.3) is 11.3 Å². The number of hydrogen-bond donors (Lipinski definition) is 2. The van der Waals surface area contributed by atoms with Gasteiger partial charge in [0.1, 0.15) is 0 Å². The Morgan fingerprint density at radius 3 is 2.34 bits per heavy atom. The van der Waals surface area contributed by atoms with Crippen molar-refractivity contribution in [2.24, 2.45) is 0 Å². The van der Waals surface area contributed by atoms with E-state index < -0.39 is 0 Å². The zero-order valence-electron chi connectivity index (χ0n) is 19.4. The molecule has 5 rings (SSSR count). The van der Waals surface area contributed by atoms with Crippen LogP contribution in [0.1, 0.15) is 27.0 Å². The third-order valence-corrected chi connectivity index (χ3v) is 6.40. The zero-order chi connectivity index (χ0) is 24.4. The van der Waals surface area contributed by atoms with Gasteiger partial charge in [-0.25, -0.2) is 0 Å². The Morgan fingerprint density at radius 1 is 0.943 bits per heavy atom. The average molecular weight is 464 g/mol. The van der Waals surface area contributed by atoms with Gasteiger partial charge in [-0.1, -0.05) is 36.4 Å². The number of nitriles is 1. The Kier molecular flexibility index (Phi) is 6.04. The van der Waals surface area contributed by atoms with Crippen LogP contribution in [0, 0.1) is 11.3 Å². The van der Waals surface area contributed by atoms with E-state index in [-0.39, 0.29) is 11.8 Å². The lowest BCUT2D eigenvalue weighted by Crippen LogP contribution is -2.47. The molecule has 174 valence electrons. The summed E-state index contributed by atoms with van der Waals surface area (Å²) in [7, 11) is 2.06. The third-order valence-electron chi connectivity index (χ3n) is 6.40. The molecule has 2 aliphatic rings. The number of piperazine rings is 1. The topological polar surface area (TPSA) is 88.5 Å². The molecule has 0 aromatic heterocycles. The van der Waals surface area contributed by atoms with E-state index in [0.29, 0.717) is 28.1 Å². The van der Waals surface area contributed by atoms with Crippen molar-refractivity contribution in [3.05, 3.63) is 95.1 Å². The smallest absolute Gasteiger partial charge is 0.258 e. The van der Waals surface area contributed by atoms with Crippen LogP contribution in [0.2, 0.25) is 0 Å². The first kappa shape index (κ1) is 22.4. The Bertz CT molecular complexity index is 1350. The van der Waals surface area contributed by atoms with Gasteiger partial charge in [-0.05, 0) is 49.0 Å². The summed E-state index contributed by atoms with van der Waals surface area (Å²) in [6.45, 7) is 3.20. The van der Waals surface area contributed by atoms with E-state index in [4.69, 9.17) is 0 Å². The molecule has 3 aromatic rings. The summed E-state index contributed by atoms with van der Waals surface area (Å²) in [5, 5.41) is 15.5. The number of anilines is 2. The van der Waals surface area contributed by atoms with Crippen LogP contribution in [0.15, 0.2) is 72.8 Å². The molecule has 0 spiro atoms. The van der Waals surface area contributed by atoms with E-state index in [1.165, 1.54) is 0 Å². The van der Waals surface area contributed by atoms with Crippen LogP contribution in [0.4, 0.5) is 11.4 Å². The van der Waals surface area contributed by atoms with Crippen LogP contribution in [-0.4, -0.2) is 54.8 Å². The van der Waals surface area contributed by atoms with Gasteiger partial charge >= 0.3 is 0 Å². The van der Waals surface area contributed by atoms with Crippen molar-refractivity contribution >= 4 is 34.5 Å². The first-order valence-corrected chi connectivity index (χ1v) is 11.5. The second kappa shape index (κ2) is 9.45. The van der Waals surface area contributed by atoms with Gasteiger partial charge in [0.2, 0.25) is 0 Å². The molecule has 0 radical (unpaired) electrons. The molecule has 7 nitrogen and oxygen atoms in total. The molecule has 3 aromatic carbocycles. The van der Waals surface area contributed by atoms with Gasteiger partial charge in [0.25, 0.3) is 11.8 Å². The van der Waals surface area contributed by atoms with E-state index in [1.54, 1.807) is 18.2 Å². The van der Waals surface area contributed by atoms with Crippen LogP contribution in [0.3, 0.4) is 0 Å². The lowest BCUT2D eigenvalue weighted by atomic mass is 9.99. The molecule has 2 aliphatic heterocycles. The highest BCUT2D eigenvalue weighted by molar-refractivity contribution is 6.37. The average Bonchev–Trinajstić information content (AvgIpc) is 3.22. The predicted octanol–water partition coefficient (Wildman–Crippen LogP) is 3.88. The maximum atomic E-state index is 13.0. The highest BCUT2D eigenvalue weighted by Crippen LogP contribution is 2.38. The normalized spacial score (nSPS) is 16.8. The quantitative estimate of drug-likeness (QED) is 0.574. The molecule has 0 atom stereocenters. The number of nitrogens with one attached hydrogen (secondary N) is 2. The standard InChI is InChI=1S/C28H25N5O2/c1-32-13-15-33(16-14-32)28(35)21-8-10-22(11-9-21)30-26(20-5-3-2-4-6-20)25-23-12-7-19(18-29)17-24(23)31-27(25)34/h2-12,17,30H,13-16H2,1H3,(H,31,34). The largest absolute Gasteiger partial charge is 0.354 e. The molecular formula is C28H25N5O2. The number of carbonyl (C=O) groups is 2. The van der Waals surface area contributed by atoms with Gasteiger partial charge in [-0.2, -0.15) is 5.26 Å². The van der Waals surface area contributed by atoms with E-state index >= 15 is 0 Å². The Balaban J connectivity index is 1.47. The van der Waals surface area contributed by atoms with Crippen molar-refractivity contribution in [3.8, 4) is 6.07 Å². The molecule has 0 unspecified atom stereocenters. The molecule has 2 amide bonds. The number of amides is 2. The van der Waals surface area contributed by atoms with Crippen molar-refractivity contribution < 1.29 is 9.59 Å². The Morgan fingerprint density at radius 2 is 1.66 bits per heavy atom. The molecule has 7 heteroatoms. The highest BCUT2D eigenvalue weighted by atomic mass is 16.2. The summed E-state index contributed by atoms with van der Waals surface area (Å²) < 4.78 is 0. The molecule has 35 heavy (non-hydrogen) atoms. The lowest BCUT2D eigenvalue weighted by Gasteiger charge is -2.32. The number of likely N-dealkylation sites (N-methyl/N-ethyl adjacent to an activating group) is 1. The summed E-state index contributed by atoms with van der Waals surface area (Å²) in [6.07, 6.45) is 0. The first-order valence-electron chi connectivity index (χ1n) is 11.5. The van der Waals surface area contributed by atoms with Crippen LogP contribution >= 0.6 is 0 Å². The second-order valence-electron chi connectivity index (χ2n) is 8.74. The number of rotatable bonds is 4. The Labute approximate surface area is 204 Å². The number of nitrogens with zero attached hydrogens (tertiary/aromatic N) is 3. The molecule has 1 saturated heterocycles. The maximum absolute atomic E-state index is 13.0. The van der Waals surface area contributed by atoms with Gasteiger partial charge in [0, 0.05) is 43.0 Å². The van der Waals surface area contributed by atoms with Crippen LogP contribution in [0.5, 0.6) is 0 Å². The molecule has 0 bridgehead atoms. The third kappa shape index (κ3) is 4.52. The number of fused-ring (bicyclic) bond motifs is 1. The molecular weight excluding hydrogens is 438 g/mol. The minimum absolute atomic E-state index is 0.0312. The van der Waals surface area contributed by atoms with Gasteiger partial charge in [-0.15, -0.1) is 0 Å². The summed E-state index contributed by atoms with van der Waals surface area (Å²) in [6, 6.07) is 24.3. The number of benzene rings is 3. The van der Waals surface area contributed by atoms with Crippen molar-refractivity contribution in [1.29, 1.82) is 5.26 Å². The zero-order valence-corrected chi connectivity index (χ0v) is 19.4. The fourth-order valence-corrected chi connectivity index (χ4v) is 4.41. The monoisotopic (exact) mass is 463 g/mol. The van der Waals surface area contributed by atoms with Crippen molar-refractivity contribution in [3.63, 3.8) is 0 Å². The summed E-state index contributed by atoms with van der Waals surface area (Å²) in [5.74, 6) is -0.202. The summed E-state index contributed by atoms with van der Waals surface area (Å²) >= 11 is 0. The predicted molar refractivity (Wildman–Crippen MR) is 137 cm³/mol. The van der Waals surface area contributed by atoms with E-state index in [0.717, 1.165) is 43.0 Å². The lowest BCUT2D eigenvalue weighted by molar-refractivity contribution is -0.110. The van der Waals surface area contributed by atoms with Crippen molar-refractivity contribution in [2.75, 3.05) is 43.9 Å². The molecule has 2 heterocycles. The van der Waals surface area contributed by atoms with Gasteiger partial charge in [0.15, 0.2) is 0 Å². The SMILES string of the molecule is CN1CCN(C(=O)c2ccc(NC(=C3C(=O)Nc4cc(C#N)ccc43)c3ccccc3)cc2)CC1. The van der Waals surface area contributed by atoms with Gasteiger partial charge < -0.3 is 20.4 Å². The fourth-order valence-electron chi connectivity index (χ4n) is 4.41. The molecule has 0 saturated carbocycles. The van der Waals surface area contributed by atoms with Crippen molar-refractivity contribution in [2.45, 2.75) is 0 Å². The van der Waals surface area contributed by atoms with E-state index in [9.17, 15) is 14.9 Å². The number of carbonyl (C=O) groups excluding carboxylic acids is 2. The van der Waals surface area contributed by atoms with Crippen molar-refractivity contribution in [1.82, 2.24) is 9.80 Å². The molecule has 0 aliphatic carbocycles.